The summed E-state index contributed by atoms with van der Waals surface area (Å²) in [6, 6.07) is 6.42. The molecule has 0 aliphatic carbocycles. The maximum Gasteiger partial charge on any atom is 0.194 e. The number of aromatic nitrogens is 2. The fourth-order valence-corrected chi connectivity index (χ4v) is 2.97. The first-order chi connectivity index (χ1) is 13.3. The van der Waals surface area contributed by atoms with Crippen molar-refractivity contribution in [3.8, 4) is 5.75 Å². The van der Waals surface area contributed by atoms with Gasteiger partial charge in [-0.1, -0.05) is 26.0 Å². The molecule has 1 unspecified atom stereocenters. The number of rotatable bonds is 8. The Morgan fingerprint density at radius 3 is 2.62 bits per heavy atom. The molecule has 2 aromatic rings. The lowest BCUT2D eigenvalue weighted by Crippen LogP contribution is -2.39. The molecule has 0 saturated carbocycles. The molecule has 0 spiro atoms. The van der Waals surface area contributed by atoms with Gasteiger partial charge in [0.25, 0.3) is 0 Å². The summed E-state index contributed by atoms with van der Waals surface area (Å²) in [5, 5.41) is 7.88. The van der Waals surface area contributed by atoms with E-state index in [-0.39, 0.29) is 41.6 Å². The molecule has 0 bridgehead atoms. The minimum Gasteiger partial charge on any atom is -0.486 e. The number of hydrogen-bond donors (Lipinski definition) is 1. The Hall–Kier alpha value is -1.84. The third-order valence-corrected chi connectivity index (χ3v) is 4.25. The number of guanidine groups is 1. The van der Waals surface area contributed by atoms with Crippen LogP contribution in [0.1, 0.15) is 44.9 Å². The summed E-state index contributed by atoms with van der Waals surface area (Å²) in [7, 11) is 3.94. The number of halogens is 2. The summed E-state index contributed by atoms with van der Waals surface area (Å²) in [5.41, 5.74) is 2.28. The van der Waals surface area contributed by atoms with E-state index in [2.05, 4.69) is 40.4 Å². The van der Waals surface area contributed by atoms with Crippen molar-refractivity contribution < 1.29 is 9.13 Å². The lowest BCUT2D eigenvalue weighted by Gasteiger charge is -2.23. The normalized spacial score (nSPS) is 12.5. The molecule has 0 amide bonds. The van der Waals surface area contributed by atoms with Crippen molar-refractivity contribution in [2.24, 2.45) is 12.0 Å². The van der Waals surface area contributed by atoms with Crippen LogP contribution >= 0.6 is 24.0 Å². The van der Waals surface area contributed by atoms with Gasteiger partial charge in [-0.3, -0.25) is 4.68 Å². The van der Waals surface area contributed by atoms with Crippen LogP contribution in [0.15, 0.2) is 35.5 Å². The van der Waals surface area contributed by atoms with Crippen LogP contribution in [0, 0.1) is 5.82 Å². The predicted octanol–water partition coefficient (Wildman–Crippen LogP) is 4.17. The molecule has 8 heteroatoms. The van der Waals surface area contributed by atoms with E-state index in [1.165, 1.54) is 11.6 Å². The fraction of sp³-hybridized carbons (Fsp3) is 0.524. The third kappa shape index (κ3) is 7.49. The van der Waals surface area contributed by atoms with Gasteiger partial charge in [-0.2, -0.15) is 5.10 Å². The molecular formula is C21H33FIN5O. The Kier molecular flexibility index (Phi) is 10.4. The largest absolute Gasteiger partial charge is 0.486 e. The molecule has 1 aromatic carbocycles. The van der Waals surface area contributed by atoms with Gasteiger partial charge in [0.05, 0.1) is 12.2 Å². The minimum absolute atomic E-state index is 0. The number of nitrogens with one attached hydrogen (secondary N) is 1. The Balaban J connectivity index is 0.00000420. The van der Waals surface area contributed by atoms with E-state index >= 15 is 0 Å². The number of aliphatic imine (C=N–C) groups is 1. The zero-order chi connectivity index (χ0) is 20.7. The zero-order valence-electron chi connectivity index (χ0n) is 18.1. The highest BCUT2D eigenvalue weighted by Gasteiger charge is 2.15. The quantitative estimate of drug-likeness (QED) is 0.325. The molecule has 1 aromatic heterocycles. The second kappa shape index (κ2) is 12.0. The zero-order valence-corrected chi connectivity index (χ0v) is 20.5. The summed E-state index contributed by atoms with van der Waals surface area (Å²) in [6.07, 6.45) is 1.81. The topological polar surface area (TPSA) is 54.7 Å². The van der Waals surface area contributed by atoms with Crippen molar-refractivity contribution in [1.29, 1.82) is 0 Å². The number of para-hydroxylation sites is 1. The molecule has 1 atom stereocenters. The van der Waals surface area contributed by atoms with Crippen LogP contribution in [0.25, 0.3) is 0 Å². The molecule has 0 saturated heterocycles. The van der Waals surface area contributed by atoms with Crippen molar-refractivity contribution in [2.75, 3.05) is 20.1 Å². The van der Waals surface area contributed by atoms with E-state index in [1.54, 1.807) is 18.2 Å². The van der Waals surface area contributed by atoms with Gasteiger partial charge in [-0.25, -0.2) is 9.38 Å². The van der Waals surface area contributed by atoms with Gasteiger partial charge in [0.2, 0.25) is 0 Å². The van der Waals surface area contributed by atoms with Crippen LogP contribution in [0.3, 0.4) is 0 Å². The van der Waals surface area contributed by atoms with Crippen molar-refractivity contribution in [3.05, 3.63) is 47.5 Å². The highest BCUT2D eigenvalue weighted by molar-refractivity contribution is 14.0. The van der Waals surface area contributed by atoms with Gasteiger partial charge in [0, 0.05) is 38.9 Å². The van der Waals surface area contributed by atoms with Gasteiger partial charge < -0.3 is 15.0 Å². The highest BCUT2D eigenvalue weighted by atomic mass is 127. The van der Waals surface area contributed by atoms with Crippen LogP contribution in [0.4, 0.5) is 4.39 Å². The number of nitrogens with zero attached hydrogens (tertiary/aromatic N) is 4. The molecule has 1 N–H and O–H groups in total. The van der Waals surface area contributed by atoms with Gasteiger partial charge in [0.15, 0.2) is 17.5 Å². The minimum atomic E-state index is -0.361. The Labute approximate surface area is 190 Å². The van der Waals surface area contributed by atoms with E-state index in [0.717, 1.165) is 18.2 Å². The molecule has 2 rings (SSSR count). The van der Waals surface area contributed by atoms with E-state index in [0.29, 0.717) is 19.0 Å². The maximum atomic E-state index is 13.8. The number of hydrogen-bond acceptors (Lipinski definition) is 3. The van der Waals surface area contributed by atoms with Crippen molar-refractivity contribution in [3.63, 3.8) is 0 Å². The first-order valence-corrected chi connectivity index (χ1v) is 9.74. The molecule has 0 aliphatic heterocycles. The maximum absolute atomic E-state index is 13.8. The molecule has 29 heavy (non-hydrogen) atoms. The molecule has 0 fully saturated rings. The first-order valence-electron chi connectivity index (χ1n) is 9.74. The lowest BCUT2D eigenvalue weighted by molar-refractivity contribution is 0.219. The van der Waals surface area contributed by atoms with Gasteiger partial charge in [-0.15, -0.1) is 24.0 Å². The summed E-state index contributed by atoms with van der Waals surface area (Å²) in [4.78, 5) is 6.75. The lowest BCUT2D eigenvalue weighted by atomic mass is 10.1. The number of ether oxygens (including phenoxy) is 1. The van der Waals surface area contributed by atoms with Gasteiger partial charge in [-0.05, 0) is 31.9 Å². The second-order valence-corrected chi connectivity index (χ2v) is 7.28. The standard InChI is InChI=1S/C21H32FN5O.HI/c1-7-23-21(24-12-16(4)28-19-11-9-8-10-18(19)22)26(5)13-17-14-27(6)25-20(17)15(2)3;/h8-11,14-16H,7,12-13H2,1-6H3,(H,23,24);1H. The van der Waals surface area contributed by atoms with E-state index in [1.807, 2.05) is 32.6 Å². The number of benzene rings is 1. The Morgan fingerprint density at radius 1 is 1.31 bits per heavy atom. The van der Waals surface area contributed by atoms with Crippen molar-refractivity contribution in [1.82, 2.24) is 20.0 Å². The second-order valence-electron chi connectivity index (χ2n) is 7.28. The smallest absolute Gasteiger partial charge is 0.194 e. The third-order valence-electron chi connectivity index (χ3n) is 4.25. The predicted molar refractivity (Wildman–Crippen MR) is 127 cm³/mol. The number of aryl methyl sites for hydroxylation is 1. The Bertz CT molecular complexity index is 793. The monoisotopic (exact) mass is 517 g/mol. The van der Waals surface area contributed by atoms with Gasteiger partial charge in [0.1, 0.15) is 6.10 Å². The van der Waals surface area contributed by atoms with E-state index < -0.39 is 0 Å². The summed E-state index contributed by atoms with van der Waals surface area (Å²) < 4.78 is 21.3. The average molecular weight is 517 g/mol. The highest BCUT2D eigenvalue weighted by Crippen LogP contribution is 2.19. The van der Waals surface area contributed by atoms with Crippen molar-refractivity contribution in [2.45, 2.75) is 46.3 Å². The summed E-state index contributed by atoms with van der Waals surface area (Å²) in [5.74, 6) is 1.03. The van der Waals surface area contributed by atoms with Crippen LogP contribution in [0.5, 0.6) is 5.75 Å². The van der Waals surface area contributed by atoms with E-state index in [4.69, 9.17) is 4.74 Å². The molecule has 1 heterocycles. The van der Waals surface area contributed by atoms with Crippen LogP contribution < -0.4 is 10.1 Å². The van der Waals surface area contributed by atoms with Crippen molar-refractivity contribution >= 4 is 29.9 Å². The average Bonchev–Trinajstić information content (AvgIpc) is 3.01. The summed E-state index contributed by atoms with van der Waals surface area (Å²) in [6.45, 7) is 10.1. The Morgan fingerprint density at radius 2 is 2.00 bits per heavy atom. The van der Waals surface area contributed by atoms with Crippen LogP contribution in [0.2, 0.25) is 0 Å². The molecule has 162 valence electrons. The molecular weight excluding hydrogens is 484 g/mol. The van der Waals surface area contributed by atoms with Gasteiger partial charge >= 0.3 is 0 Å². The molecule has 0 aliphatic rings. The van der Waals surface area contributed by atoms with Crippen LogP contribution in [-0.2, 0) is 13.6 Å². The van der Waals surface area contributed by atoms with Crippen LogP contribution in [-0.4, -0.2) is 46.9 Å². The fourth-order valence-electron chi connectivity index (χ4n) is 2.97. The van der Waals surface area contributed by atoms with E-state index in [9.17, 15) is 4.39 Å². The molecule has 0 radical (unpaired) electrons. The SMILES string of the molecule is CCNC(=NCC(C)Oc1ccccc1F)N(C)Cc1cn(C)nc1C(C)C.I. The summed E-state index contributed by atoms with van der Waals surface area (Å²) >= 11 is 0. The first kappa shape index (κ1) is 25.2. The molecule has 6 nitrogen and oxygen atoms in total.